The van der Waals surface area contributed by atoms with E-state index in [0.29, 0.717) is 0 Å². The normalized spacial score (nSPS) is 22.7. The fourth-order valence-electron chi connectivity index (χ4n) is 6.67. The van der Waals surface area contributed by atoms with Gasteiger partial charge in [0.2, 0.25) is 0 Å². The number of hydrogen-bond donors (Lipinski definition) is 0. The number of rotatable bonds is 4. The lowest BCUT2D eigenvalue weighted by Gasteiger charge is -2.31. The molecule has 2 aromatic carbocycles. The molecule has 1 aromatic heterocycles. The Labute approximate surface area is 195 Å². The monoisotopic (exact) mass is 443 g/mol. The molecule has 3 aliphatic rings. The van der Waals surface area contributed by atoms with Crippen LogP contribution in [0.1, 0.15) is 87.2 Å². The third-order valence-corrected chi connectivity index (χ3v) is 12.4. The van der Waals surface area contributed by atoms with Gasteiger partial charge in [0, 0.05) is 17.1 Å². The summed E-state index contributed by atoms with van der Waals surface area (Å²) in [4.78, 5) is 6.57. The van der Waals surface area contributed by atoms with Gasteiger partial charge in [0.05, 0.1) is 5.69 Å². The van der Waals surface area contributed by atoms with E-state index in [0.717, 1.165) is 11.8 Å². The van der Waals surface area contributed by atoms with Crippen molar-refractivity contribution >= 4 is 20.8 Å². The van der Waals surface area contributed by atoms with Crippen molar-refractivity contribution in [2.24, 2.45) is 0 Å². The Kier molecular flexibility index (Phi) is 5.53. The van der Waals surface area contributed by atoms with E-state index in [1.165, 1.54) is 97.7 Å². The Morgan fingerprint density at radius 3 is 1.97 bits per heavy atom. The standard InChI is InChI=1S/C30H37NS/c1-32(16-6-7-17-32)28-12-13-29-24(21-28)14-15-31-30(29)27-19-25(22-8-2-3-9-22)18-26(20-27)23-10-4-5-11-23/h12-15,18-23H,2-11,16-17H2,1H3. The zero-order valence-electron chi connectivity index (χ0n) is 19.6. The molecule has 6 rings (SSSR count). The van der Waals surface area contributed by atoms with Gasteiger partial charge in [-0.3, -0.25) is 4.98 Å². The van der Waals surface area contributed by atoms with E-state index in [1.54, 1.807) is 16.0 Å². The highest BCUT2D eigenvalue weighted by Crippen LogP contribution is 2.58. The zero-order valence-corrected chi connectivity index (χ0v) is 20.4. The summed E-state index contributed by atoms with van der Waals surface area (Å²) in [7, 11) is -0.607. The molecule has 0 atom stereocenters. The SMILES string of the molecule is CS1(c2ccc3c(-c4cc(C5CCCC5)cc(C5CCCC5)c4)nccc3c2)CCCC1. The molecule has 2 heterocycles. The summed E-state index contributed by atoms with van der Waals surface area (Å²) in [5.41, 5.74) is 5.72. The van der Waals surface area contributed by atoms with E-state index < -0.39 is 10.0 Å². The van der Waals surface area contributed by atoms with Crippen molar-refractivity contribution in [1.29, 1.82) is 0 Å². The van der Waals surface area contributed by atoms with Crippen LogP contribution in [-0.4, -0.2) is 22.7 Å². The maximum absolute atomic E-state index is 4.96. The highest BCUT2D eigenvalue weighted by molar-refractivity contribution is 8.33. The molecule has 1 aliphatic heterocycles. The van der Waals surface area contributed by atoms with Gasteiger partial charge >= 0.3 is 0 Å². The van der Waals surface area contributed by atoms with Gasteiger partial charge in [0.15, 0.2) is 0 Å². The second-order valence-electron chi connectivity index (χ2n) is 10.8. The first-order valence-corrected chi connectivity index (χ1v) is 15.4. The van der Waals surface area contributed by atoms with Crippen molar-refractivity contribution in [3.8, 4) is 11.3 Å². The largest absolute Gasteiger partial charge is 0.256 e. The van der Waals surface area contributed by atoms with Crippen LogP contribution in [0.3, 0.4) is 0 Å². The Hall–Kier alpha value is -1.80. The van der Waals surface area contributed by atoms with Crippen LogP contribution in [-0.2, 0) is 0 Å². The average molecular weight is 444 g/mol. The lowest BCUT2D eigenvalue weighted by atomic mass is 9.87. The summed E-state index contributed by atoms with van der Waals surface area (Å²) in [6, 6.07) is 17.1. The predicted molar refractivity (Wildman–Crippen MR) is 140 cm³/mol. The Balaban J connectivity index is 1.45. The lowest BCUT2D eigenvalue weighted by molar-refractivity contribution is 0.701. The van der Waals surface area contributed by atoms with Gasteiger partial charge in [-0.1, -0.05) is 37.8 Å². The van der Waals surface area contributed by atoms with Crippen LogP contribution in [0, 0.1) is 0 Å². The molecule has 168 valence electrons. The van der Waals surface area contributed by atoms with E-state index in [2.05, 4.69) is 48.7 Å². The molecule has 2 heteroatoms. The quantitative estimate of drug-likeness (QED) is 0.392. The second kappa shape index (κ2) is 8.52. The van der Waals surface area contributed by atoms with Crippen molar-refractivity contribution in [2.75, 3.05) is 17.8 Å². The number of aromatic nitrogens is 1. The van der Waals surface area contributed by atoms with Crippen LogP contribution in [0.5, 0.6) is 0 Å². The van der Waals surface area contributed by atoms with Gasteiger partial charge in [0.1, 0.15) is 0 Å². The van der Waals surface area contributed by atoms with E-state index in [4.69, 9.17) is 4.98 Å². The fraction of sp³-hybridized carbons (Fsp3) is 0.500. The topological polar surface area (TPSA) is 12.9 Å². The van der Waals surface area contributed by atoms with Gasteiger partial charge in [-0.05, 0) is 120 Å². The molecule has 3 fully saturated rings. The minimum Gasteiger partial charge on any atom is -0.256 e. The first-order valence-electron chi connectivity index (χ1n) is 13.0. The van der Waals surface area contributed by atoms with E-state index in [1.807, 2.05) is 6.20 Å². The van der Waals surface area contributed by atoms with Crippen LogP contribution in [0.25, 0.3) is 22.0 Å². The Morgan fingerprint density at radius 1 is 0.719 bits per heavy atom. The molecule has 0 unspecified atom stereocenters. The summed E-state index contributed by atoms with van der Waals surface area (Å²) in [6.45, 7) is 0. The minimum absolute atomic E-state index is 0.607. The van der Waals surface area contributed by atoms with E-state index >= 15 is 0 Å². The molecule has 2 saturated carbocycles. The molecular weight excluding hydrogens is 406 g/mol. The molecule has 32 heavy (non-hydrogen) atoms. The molecule has 1 saturated heterocycles. The molecular formula is C30H37NS. The van der Waals surface area contributed by atoms with E-state index in [-0.39, 0.29) is 0 Å². The molecule has 0 amide bonds. The smallest absolute Gasteiger partial charge is 0.0780 e. The third kappa shape index (κ3) is 3.79. The minimum atomic E-state index is -0.607. The van der Waals surface area contributed by atoms with Crippen molar-refractivity contribution < 1.29 is 0 Å². The molecule has 2 aliphatic carbocycles. The van der Waals surface area contributed by atoms with Gasteiger partial charge in [-0.15, -0.1) is 0 Å². The highest BCUT2D eigenvalue weighted by atomic mass is 32.3. The summed E-state index contributed by atoms with van der Waals surface area (Å²) < 4.78 is 0. The maximum Gasteiger partial charge on any atom is 0.0780 e. The lowest BCUT2D eigenvalue weighted by Crippen LogP contribution is -2.01. The molecule has 0 N–H and O–H groups in total. The van der Waals surface area contributed by atoms with Gasteiger partial charge in [-0.25, -0.2) is 10.0 Å². The predicted octanol–water partition coefficient (Wildman–Crippen LogP) is 8.80. The number of fused-ring (bicyclic) bond motifs is 1. The van der Waals surface area contributed by atoms with E-state index in [9.17, 15) is 0 Å². The second-order valence-corrected chi connectivity index (χ2v) is 14.6. The first kappa shape index (κ1) is 20.8. The zero-order chi connectivity index (χ0) is 21.5. The van der Waals surface area contributed by atoms with Crippen molar-refractivity contribution in [3.63, 3.8) is 0 Å². The number of nitrogens with zero attached hydrogens (tertiary/aromatic N) is 1. The maximum atomic E-state index is 4.96. The number of hydrogen-bond acceptors (Lipinski definition) is 1. The number of pyridine rings is 1. The molecule has 3 aromatic rings. The van der Waals surface area contributed by atoms with Crippen LogP contribution >= 0.6 is 10.0 Å². The van der Waals surface area contributed by atoms with Crippen LogP contribution in [0.15, 0.2) is 53.6 Å². The Bertz CT molecular complexity index is 1080. The summed E-state index contributed by atoms with van der Waals surface area (Å²) >= 11 is 0. The highest BCUT2D eigenvalue weighted by Gasteiger charge is 2.26. The molecule has 1 nitrogen and oxygen atoms in total. The van der Waals surface area contributed by atoms with Crippen LogP contribution in [0.2, 0.25) is 0 Å². The van der Waals surface area contributed by atoms with Gasteiger partial charge in [-0.2, -0.15) is 0 Å². The third-order valence-electron chi connectivity index (χ3n) is 8.65. The van der Waals surface area contributed by atoms with Crippen molar-refractivity contribution in [3.05, 3.63) is 59.8 Å². The van der Waals surface area contributed by atoms with Crippen LogP contribution in [0.4, 0.5) is 0 Å². The van der Waals surface area contributed by atoms with Crippen LogP contribution < -0.4 is 0 Å². The molecule has 0 bridgehead atoms. The van der Waals surface area contributed by atoms with Crippen molar-refractivity contribution in [2.45, 2.75) is 80.9 Å². The Morgan fingerprint density at radius 2 is 1.34 bits per heavy atom. The van der Waals surface area contributed by atoms with Gasteiger partial charge < -0.3 is 0 Å². The average Bonchev–Trinajstić information content (AvgIpc) is 3.61. The van der Waals surface area contributed by atoms with Gasteiger partial charge in [0.25, 0.3) is 0 Å². The first-order chi connectivity index (χ1) is 15.7. The van der Waals surface area contributed by atoms with Crippen molar-refractivity contribution in [1.82, 2.24) is 4.98 Å². The summed E-state index contributed by atoms with van der Waals surface area (Å²) in [6.07, 6.45) is 18.4. The summed E-state index contributed by atoms with van der Waals surface area (Å²) in [5.74, 6) is 4.32. The fourth-order valence-corrected chi connectivity index (χ4v) is 9.84. The molecule has 0 spiro atoms. The summed E-state index contributed by atoms with van der Waals surface area (Å²) in [5, 5.41) is 2.71. The number of benzene rings is 2. The molecule has 0 radical (unpaired) electrons.